The SMILES string of the molecule is COc1ccc(NC(=O)[C@H]2CC(=O)NC(N3CCOCC3)=N2)cc1. The zero-order chi connectivity index (χ0) is 16.9. The van der Waals surface area contributed by atoms with Crippen LogP contribution in [0, 0.1) is 0 Å². The number of nitrogens with one attached hydrogen (secondary N) is 2. The molecule has 1 saturated heterocycles. The fourth-order valence-electron chi connectivity index (χ4n) is 2.56. The van der Waals surface area contributed by atoms with E-state index in [-0.39, 0.29) is 18.2 Å². The van der Waals surface area contributed by atoms with Gasteiger partial charge in [-0.05, 0) is 24.3 Å². The summed E-state index contributed by atoms with van der Waals surface area (Å²) in [6, 6.07) is 6.26. The lowest BCUT2D eigenvalue weighted by Crippen LogP contribution is -2.53. The van der Waals surface area contributed by atoms with E-state index in [1.165, 1.54) is 0 Å². The van der Waals surface area contributed by atoms with Gasteiger partial charge in [0.15, 0.2) is 0 Å². The van der Waals surface area contributed by atoms with E-state index in [1.54, 1.807) is 31.4 Å². The number of nitrogens with zero attached hydrogens (tertiary/aromatic N) is 2. The van der Waals surface area contributed by atoms with Crippen LogP contribution >= 0.6 is 0 Å². The second-order valence-electron chi connectivity index (χ2n) is 5.54. The Morgan fingerprint density at radius 1 is 1.33 bits per heavy atom. The van der Waals surface area contributed by atoms with Crippen molar-refractivity contribution in [1.82, 2.24) is 10.2 Å². The van der Waals surface area contributed by atoms with Crippen molar-refractivity contribution in [3.63, 3.8) is 0 Å². The van der Waals surface area contributed by atoms with Crippen molar-refractivity contribution in [3.05, 3.63) is 24.3 Å². The molecule has 2 amide bonds. The van der Waals surface area contributed by atoms with E-state index in [1.807, 2.05) is 4.90 Å². The molecule has 2 N–H and O–H groups in total. The number of methoxy groups -OCH3 is 1. The molecule has 8 nitrogen and oxygen atoms in total. The van der Waals surface area contributed by atoms with Crippen molar-refractivity contribution < 1.29 is 19.1 Å². The topological polar surface area (TPSA) is 92.3 Å². The van der Waals surface area contributed by atoms with Crippen LogP contribution in [0.4, 0.5) is 5.69 Å². The van der Waals surface area contributed by atoms with E-state index < -0.39 is 6.04 Å². The van der Waals surface area contributed by atoms with Gasteiger partial charge in [-0.2, -0.15) is 0 Å². The van der Waals surface area contributed by atoms with E-state index >= 15 is 0 Å². The molecule has 0 bridgehead atoms. The summed E-state index contributed by atoms with van der Waals surface area (Å²) in [5, 5.41) is 5.52. The van der Waals surface area contributed by atoms with Gasteiger partial charge in [-0.1, -0.05) is 0 Å². The molecule has 0 radical (unpaired) electrons. The number of benzene rings is 1. The summed E-state index contributed by atoms with van der Waals surface area (Å²) in [7, 11) is 1.58. The molecule has 2 aliphatic rings. The minimum atomic E-state index is -0.737. The predicted molar refractivity (Wildman–Crippen MR) is 88.0 cm³/mol. The normalized spacial score (nSPS) is 20.9. The number of carbonyl (C=O) groups excluding carboxylic acids is 2. The molecule has 0 saturated carbocycles. The molecule has 0 spiro atoms. The van der Waals surface area contributed by atoms with Gasteiger partial charge >= 0.3 is 0 Å². The van der Waals surface area contributed by atoms with Gasteiger partial charge in [0.25, 0.3) is 0 Å². The van der Waals surface area contributed by atoms with Crippen LogP contribution in [0.15, 0.2) is 29.3 Å². The van der Waals surface area contributed by atoms with Gasteiger partial charge < -0.3 is 19.7 Å². The van der Waals surface area contributed by atoms with Crippen LogP contribution in [0.25, 0.3) is 0 Å². The Morgan fingerprint density at radius 3 is 2.71 bits per heavy atom. The third-order valence-electron chi connectivity index (χ3n) is 3.88. The quantitative estimate of drug-likeness (QED) is 0.825. The number of ether oxygens (including phenoxy) is 2. The molecule has 0 unspecified atom stereocenters. The highest BCUT2D eigenvalue weighted by Crippen LogP contribution is 2.16. The number of amides is 2. The number of carbonyl (C=O) groups is 2. The number of hydrogen-bond donors (Lipinski definition) is 2. The maximum Gasteiger partial charge on any atom is 0.249 e. The Morgan fingerprint density at radius 2 is 2.04 bits per heavy atom. The highest BCUT2D eigenvalue weighted by molar-refractivity contribution is 6.05. The third kappa shape index (κ3) is 3.83. The summed E-state index contributed by atoms with van der Waals surface area (Å²) >= 11 is 0. The number of anilines is 1. The Kier molecular flexibility index (Phi) is 4.95. The summed E-state index contributed by atoms with van der Waals surface area (Å²) in [6.45, 7) is 2.45. The van der Waals surface area contributed by atoms with E-state index in [0.29, 0.717) is 43.7 Å². The Hall–Kier alpha value is -2.61. The first-order valence-corrected chi connectivity index (χ1v) is 7.81. The lowest BCUT2D eigenvalue weighted by Gasteiger charge is -2.32. The number of morpholine rings is 1. The van der Waals surface area contributed by atoms with E-state index in [4.69, 9.17) is 9.47 Å². The van der Waals surface area contributed by atoms with Crippen molar-refractivity contribution in [3.8, 4) is 5.75 Å². The molecule has 3 rings (SSSR count). The molecule has 0 aliphatic carbocycles. The van der Waals surface area contributed by atoms with Crippen LogP contribution in [0.5, 0.6) is 5.75 Å². The first-order valence-electron chi connectivity index (χ1n) is 7.81. The van der Waals surface area contributed by atoms with Crippen molar-refractivity contribution in [2.75, 3.05) is 38.7 Å². The third-order valence-corrected chi connectivity index (χ3v) is 3.88. The van der Waals surface area contributed by atoms with E-state index in [0.717, 1.165) is 0 Å². The molecule has 8 heteroatoms. The molecule has 1 aromatic rings. The molecule has 24 heavy (non-hydrogen) atoms. The van der Waals surface area contributed by atoms with Crippen molar-refractivity contribution in [1.29, 1.82) is 0 Å². The van der Waals surface area contributed by atoms with Crippen molar-refractivity contribution >= 4 is 23.5 Å². The second-order valence-corrected chi connectivity index (χ2v) is 5.54. The minimum Gasteiger partial charge on any atom is -0.497 e. The average Bonchev–Trinajstić information content (AvgIpc) is 2.62. The molecule has 128 valence electrons. The Bertz CT molecular complexity index is 638. The lowest BCUT2D eigenvalue weighted by atomic mass is 10.1. The molecule has 2 aliphatic heterocycles. The second kappa shape index (κ2) is 7.31. The largest absolute Gasteiger partial charge is 0.497 e. The van der Waals surface area contributed by atoms with Crippen LogP contribution in [-0.4, -0.2) is 62.1 Å². The van der Waals surface area contributed by atoms with Crippen LogP contribution in [0.2, 0.25) is 0 Å². The van der Waals surface area contributed by atoms with Gasteiger partial charge in [0.1, 0.15) is 11.8 Å². The van der Waals surface area contributed by atoms with Crippen molar-refractivity contribution in [2.24, 2.45) is 4.99 Å². The highest BCUT2D eigenvalue weighted by Gasteiger charge is 2.29. The average molecular weight is 332 g/mol. The Labute approximate surface area is 139 Å². The van der Waals surface area contributed by atoms with Gasteiger partial charge in [0.05, 0.1) is 26.7 Å². The zero-order valence-electron chi connectivity index (χ0n) is 13.4. The predicted octanol–water partition coefficient (Wildman–Crippen LogP) is 0.210. The number of guanidine groups is 1. The molecule has 2 heterocycles. The number of aliphatic imine (C=N–C) groups is 1. The smallest absolute Gasteiger partial charge is 0.249 e. The van der Waals surface area contributed by atoms with Gasteiger partial charge in [-0.25, -0.2) is 4.99 Å². The van der Waals surface area contributed by atoms with Crippen LogP contribution in [0.3, 0.4) is 0 Å². The fourth-order valence-corrected chi connectivity index (χ4v) is 2.56. The first kappa shape index (κ1) is 16.3. The lowest BCUT2D eigenvalue weighted by molar-refractivity contribution is -0.125. The van der Waals surface area contributed by atoms with E-state index in [9.17, 15) is 9.59 Å². The standard InChI is InChI=1S/C16H20N4O4/c1-23-12-4-2-11(3-5-12)17-15(22)13-10-14(21)19-16(18-13)20-6-8-24-9-7-20/h2-5,13H,6-10H2,1H3,(H,17,22)(H,18,19,21)/t13-/m1/s1. The molecule has 1 fully saturated rings. The highest BCUT2D eigenvalue weighted by atomic mass is 16.5. The summed E-state index contributed by atoms with van der Waals surface area (Å²) in [4.78, 5) is 30.7. The van der Waals surface area contributed by atoms with Gasteiger partial charge in [0.2, 0.25) is 17.8 Å². The molecule has 1 aromatic carbocycles. The van der Waals surface area contributed by atoms with Crippen LogP contribution in [-0.2, 0) is 14.3 Å². The fraction of sp³-hybridized carbons (Fsp3) is 0.438. The van der Waals surface area contributed by atoms with Crippen LogP contribution in [0.1, 0.15) is 6.42 Å². The molecule has 1 atom stereocenters. The maximum atomic E-state index is 12.4. The van der Waals surface area contributed by atoms with Gasteiger partial charge in [0, 0.05) is 18.8 Å². The zero-order valence-corrected chi connectivity index (χ0v) is 13.4. The Balaban J connectivity index is 1.69. The summed E-state index contributed by atoms with van der Waals surface area (Å²) in [5.41, 5.74) is 0.634. The number of rotatable bonds is 3. The summed E-state index contributed by atoms with van der Waals surface area (Å²) in [5.74, 6) is 0.643. The summed E-state index contributed by atoms with van der Waals surface area (Å²) in [6.07, 6.45) is 0.0375. The molecular weight excluding hydrogens is 312 g/mol. The van der Waals surface area contributed by atoms with E-state index in [2.05, 4.69) is 15.6 Å². The first-order chi connectivity index (χ1) is 11.7. The minimum absolute atomic E-state index is 0.0375. The van der Waals surface area contributed by atoms with Crippen LogP contribution < -0.4 is 15.4 Å². The summed E-state index contributed by atoms with van der Waals surface area (Å²) < 4.78 is 10.4. The number of hydrogen-bond acceptors (Lipinski definition) is 6. The van der Waals surface area contributed by atoms with Gasteiger partial charge in [-0.3, -0.25) is 14.9 Å². The van der Waals surface area contributed by atoms with Gasteiger partial charge in [-0.15, -0.1) is 0 Å². The van der Waals surface area contributed by atoms with Crippen molar-refractivity contribution in [2.45, 2.75) is 12.5 Å². The monoisotopic (exact) mass is 332 g/mol. The maximum absolute atomic E-state index is 12.4. The molecular formula is C16H20N4O4. The molecule has 0 aromatic heterocycles.